The van der Waals surface area contributed by atoms with E-state index in [0.29, 0.717) is 0 Å². The van der Waals surface area contributed by atoms with Gasteiger partial charge in [-0.05, 0) is 56.9 Å². The lowest BCUT2D eigenvalue weighted by Gasteiger charge is -2.49. The fourth-order valence-electron chi connectivity index (χ4n) is 3.68. The molecule has 1 aliphatic carbocycles. The van der Waals surface area contributed by atoms with Crippen LogP contribution < -0.4 is 5.73 Å². The van der Waals surface area contributed by atoms with Crippen LogP contribution in [0, 0.1) is 11.8 Å². The van der Waals surface area contributed by atoms with E-state index in [1.54, 1.807) is 0 Å². The van der Waals surface area contributed by atoms with Crippen LogP contribution in [-0.4, -0.2) is 30.1 Å². The van der Waals surface area contributed by atoms with Crippen LogP contribution in [0.1, 0.15) is 44.9 Å². The molecule has 2 heterocycles. The molecule has 3 atom stereocenters. The Bertz CT molecular complexity index is 211. The topological polar surface area (TPSA) is 29.3 Å². The summed E-state index contributed by atoms with van der Waals surface area (Å²) in [4.78, 5) is 2.85. The number of nitrogens with two attached hydrogens (primary N) is 1. The summed E-state index contributed by atoms with van der Waals surface area (Å²) in [6.45, 7) is 2.33. The van der Waals surface area contributed by atoms with Gasteiger partial charge in [-0.15, -0.1) is 0 Å². The van der Waals surface area contributed by atoms with Gasteiger partial charge in [0.2, 0.25) is 0 Å². The van der Waals surface area contributed by atoms with Gasteiger partial charge >= 0.3 is 0 Å². The molecule has 2 aliphatic heterocycles. The Morgan fingerprint density at radius 1 is 0.933 bits per heavy atom. The molecule has 2 nitrogen and oxygen atoms in total. The lowest BCUT2D eigenvalue weighted by atomic mass is 9.78. The molecule has 86 valence electrons. The Morgan fingerprint density at radius 3 is 2.13 bits per heavy atom. The van der Waals surface area contributed by atoms with Crippen LogP contribution in [0.15, 0.2) is 0 Å². The molecule has 15 heavy (non-hydrogen) atoms. The number of piperidine rings is 2. The summed E-state index contributed by atoms with van der Waals surface area (Å²) in [5, 5.41) is 0. The summed E-state index contributed by atoms with van der Waals surface area (Å²) in [5.41, 5.74) is 5.85. The maximum Gasteiger partial charge on any atom is 0.0101 e. The monoisotopic (exact) mass is 208 g/mol. The molecule has 0 radical (unpaired) electrons. The van der Waals surface area contributed by atoms with E-state index in [4.69, 9.17) is 5.73 Å². The van der Waals surface area contributed by atoms with Gasteiger partial charge in [-0.1, -0.05) is 6.42 Å². The predicted octanol–water partition coefficient (Wildman–Crippen LogP) is 1.99. The molecule has 0 aromatic carbocycles. The molecule has 1 saturated carbocycles. The van der Waals surface area contributed by atoms with Crippen LogP contribution in [0.4, 0.5) is 0 Å². The van der Waals surface area contributed by atoms with Crippen molar-refractivity contribution in [3.05, 3.63) is 0 Å². The van der Waals surface area contributed by atoms with E-state index in [2.05, 4.69) is 4.90 Å². The van der Waals surface area contributed by atoms with Crippen molar-refractivity contribution in [2.24, 2.45) is 17.6 Å². The van der Waals surface area contributed by atoms with Crippen molar-refractivity contribution >= 4 is 0 Å². The highest BCUT2D eigenvalue weighted by atomic mass is 15.2. The molecule has 3 rings (SSSR count). The zero-order valence-electron chi connectivity index (χ0n) is 9.70. The molecule has 0 aromatic rings. The minimum Gasteiger partial charge on any atom is -0.330 e. The Balaban J connectivity index is 1.66. The van der Waals surface area contributed by atoms with Crippen LogP contribution in [0.3, 0.4) is 0 Å². The molecule has 2 saturated heterocycles. The van der Waals surface area contributed by atoms with Gasteiger partial charge in [0.1, 0.15) is 0 Å². The summed E-state index contributed by atoms with van der Waals surface area (Å²) in [6.07, 6.45) is 10.1. The molecule has 3 aliphatic rings. The third kappa shape index (κ3) is 2.07. The van der Waals surface area contributed by atoms with Crippen molar-refractivity contribution in [3.8, 4) is 0 Å². The predicted molar refractivity (Wildman–Crippen MR) is 62.6 cm³/mol. The molecule has 2 heteroatoms. The maximum atomic E-state index is 5.85. The van der Waals surface area contributed by atoms with E-state index in [9.17, 15) is 0 Å². The van der Waals surface area contributed by atoms with E-state index in [-0.39, 0.29) is 0 Å². The highest BCUT2D eigenvalue weighted by molar-refractivity contribution is 4.94. The van der Waals surface area contributed by atoms with Gasteiger partial charge in [0.25, 0.3) is 0 Å². The smallest absolute Gasteiger partial charge is 0.0101 e. The summed E-state index contributed by atoms with van der Waals surface area (Å²) in [6, 6.07) is 1.79. The zero-order chi connectivity index (χ0) is 10.3. The molecule has 0 amide bonds. The first-order valence-corrected chi connectivity index (χ1v) is 6.82. The third-order valence-corrected chi connectivity index (χ3v) is 4.72. The number of hydrogen-bond acceptors (Lipinski definition) is 2. The molecular formula is C13H24N2. The van der Waals surface area contributed by atoms with Crippen molar-refractivity contribution in [1.82, 2.24) is 4.90 Å². The van der Waals surface area contributed by atoms with Gasteiger partial charge in [-0.2, -0.15) is 0 Å². The minimum absolute atomic E-state index is 0.829. The van der Waals surface area contributed by atoms with Crippen molar-refractivity contribution in [2.75, 3.05) is 13.1 Å². The van der Waals surface area contributed by atoms with Crippen molar-refractivity contribution in [2.45, 2.75) is 57.0 Å². The molecule has 0 aromatic heterocycles. The second-order valence-corrected chi connectivity index (χ2v) is 5.95. The average molecular weight is 208 g/mol. The van der Waals surface area contributed by atoms with Gasteiger partial charge in [0, 0.05) is 18.6 Å². The van der Waals surface area contributed by atoms with E-state index >= 15 is 0 Å². The Labute approximate surface area is 93.2 Å². The summed E-state index contributed by atoms with van der Waals surface area (Å²) in [5.74, 6) is 1.89. The SMILES string of the molecule is NCC1C[C@H]2CCC[C@@H](C1)N2CC1CC1. The second kappa shape index (κ2) is 4.06. The Hall–Kier alpha value is -0.0800. The molecule has 0 spiro atoms. The quantitative estimate of drug-likeness (QED) is 0.768. The van der Waals surface area contributed by atoms with Crippen molar-refractivity contribution in [3.63, 3.8) is 0 Å². The van der Waals surface area contributed by atoms with E-state index < -0.39 is 0 Å². The molecule has 2 bridgehead atoms. The molecule has 3 fully saturated rings. The second-order valence-electron chi connectivity index (χ2n) is 5.95. The first-order valence-electron chi connectivity index (χ1n) is 6.82. The maximum absolute atomic E-state index is 5.85. The average Bonchev–Trinajstić information content (AvgIpc) is 3.01. The summed E-state index contributed by atoms with van der Waals surface area (Å²) >= 11 is 0. The van der Waals surface area contributed by atoms with E-state index in [1.807, 2.05) is 0 Å². The Kier molecular flexibility index (Phi) is 2.73. The largest absolute Gasteiger partial charge is 0.330 e. The van der Waals surface area contributed by atoms with Gasteiger partial charge < -0.3 is 5.73 Å². The number of rotatable bonds is 3. The van der Waals surface area contributed by atoms with Crippen LogP contribution in [0.25, 0.3) is 0 Å². The fourth-order valence-corrected chi connectivity index (χ4v) is 3.68. The van der Waals surface area contributed by atoms with Crippen molar-refractivity contribution < 1.29 is 0 Å². The Morgan fingerprint density at radius 2 is 1.60 bits per heavy atom. The van der Waals surface area contributed by atoms with Gasteiger partial charge in [-0.25, -0.2) is 0 Å². The van der Waals surface area contributed by atoms with Crippen molar-refractivity contribution in [1.29, 1.82) is 0 Å². The summed E-state index contributed by atoms with van der Waals surface area (Å²) < 4.78 is 0. The lowest BCUT2D eigenvalue weighted by molar-refractivity contribution is 0.0121. The third-order valence-electron chi connectivity index (χ3n) is 4.72. The number of fused-ring (bicyclic) bond motifs is 2. The molecule has 2 N–H and O–H groups in total. The first-order chi connectivity index (χ1) is 7.36. The normalized spacial score (nSPS) is 41.8. The van der Waals surface area contributed by atoms with Crippen LogP contribution in [0.2, 0.25) is 0 Å². The van der Waals surface area contributed by atoms with Crippen LogP contribution in [0.5, 0.6) is 0 Å². The zero-order valence-corrected chi connectivity index (χ0v) is 9.70. The highest BCUT2D eigenvalue weighted by Crippen LogP contribution is 2.40. The van der Waals surface area contributed by atoms with Gasteiger partial charge in [0.15, 0.2) is 0 Å². The lowest BCUT2D eigenvalue weighted by Crippen LogP contribution is -2.53. The van der Waals surface area contributed by atoms with E-state index in [0.717, 1.165) is 30.5 Å². The highest BCUT2D eigenvalue weighted by Gasteiger charge is 2.39. The standard InChI is InChI=1S/C13H24N2/c14-8-11-6-12-2-1-3-13(7-11)15(12)9-10-4-5-10/h10-13H,1-9,14H2/t11?,12-,13+. The van der Waals surface area contributed by atoms with Gasteiger partial charge in [0.05, 0.1) is 0 Å². The minimum atomic E-state index is 0.829. The summed E-state index contributed by atoms with van der Waals surface area (Å²) in [7, 11) is 0. The first kappa shape index (κ1) is 10.1. The number of hydrogen-bond donors (Lipinski definition) is 1. The molecule has 1 unspecified atom stereocenters. The van der Waals surface area contributed by atoms with E-state index in [1.165, 1.54) is 51.5 Å². The van der Waals surface area contributed by atoms with Crippen LogP contribution >= 0.6 is 0 Å². The fraction of sp³-hybridized carbons (Fsp3) is 1.00. The van der Waals surface area contributed by atoms with Gasteiger partial charge in [-0.3, -0.25) is 4.90 Å². The number of nitrogens with zero attached hydrogens (tertiary/aromatic N) is 1. The van der Waals surface area contributed by atoms with Crippen LogP contribution in [-0.2, 0) is 0 Å². The molecular weight excluding hydrogens is 184 g/mol.